The number of anilines is 1. The lowest BCUT2D eigenvalue weighted by atomic mass is 9.53. The number of fused-ring (bicyclic) bond motifs is 3. The number of phenolic OH excluding ortho intramolecular Hbond substituents is 1. The van der Waals surface area contributed by atoms with E-state index in [0.717, 1.165) is 0 Å². The molecule has 0 heterocycles. The van der Waals surface area contributed by atoms with Crippen molar-refractivity contribution in [3.63, 3.8) is 0 Å². The van der Waals surface area contributed by atoms with Crippen LogP contribution in [0, 0.1) is 23.7 Å². The minimum atomic E-state index is -2.66. The highest BCUT2D eigenvalue weighted by Gasteiger charge is 2.66. The van der Waals surface area contributed by atoms with Gasteiger partial charge in [-0.15, -0.1) is 0 Å². The Morgan fingerprint density at radius 1 is 1.22 bits per heavy atom. The molecule has 3 aliphatic carbocycles. The van der Waals surface area contributed by atoms with Crippen molar-refractivity contribution in [2.24, 2.45) is 29.4 Å². The first kappa shape index (κ1) is 25.9. The summed E-state index contributed by atoms with van der Waals surface area (Å²) in [5.74, 6) is -10.2. The van der Waals surface area contributed by atoms with Crippen molar-refractivity contribution in [2.75, 3.05) is 19.0 Å². The van der Waals surface area contributed by atoms with E-state index in [9.17, 15) is 34.2 Å². The molecule has 0 saturated heterocycles. The highest BCUT2D eigenvalue weighted by atomic mass is 16.7. The molecule has 1 amide bonds. The van der Waals surface area contributed by atoms with Gasteiger partial charge in [-0.1, -0.05) is 0 Å². The highest BCUT2D eigenvalue weighted by molar-refractivity contribution is 6.31. The van der Waals surface area contributed by atoms with Gasteiger partial charge in [0.05, 0.1) is 17.6 Å². The molecule has 0 bridgehead atoms. The van der Waals surface area contributed by atoms with Crippen molar-refractivity contribution >= 4 is 34.7 Å². The third-order valence-corrected chi connectivity index (χ3v) is 7.52. The van der Waals surface area contributed by atoms with E-state index in [0.29, 0.717) is 16.8 Å². The summed E-state index contributed by atoms with van der Waals surface area (Å²) in [6.45, 7) is 3.73. The Balaban J connectivity index is 1.78. The van der Waals surface area contributed by atoms with Crippen LogP contribution in [0.5, 0.6) is 5.75 Å². The molecule has 1 aromatic carbocycles. The van der Waals surface area contributed by atoms with E-state index in [4.69, 9.17) is 10.6 Å². The van der Waals surface area contributed by atoms with E-state index in [-0.39, 0.29) is 43.2 Å². The largest absolute Gasteiger partial charge is 0.507 e. The van der Waals surface area contributed by atoms with Gasteiger partial charge in [-0.05, 0) is 44.2 Å². The summed E-state index contributed by atoms with van der Waals surface area (Å²) in [6.07, 6.45) is -0.209. The first-order valence-corrected chi connectivity index (χ1v) is 11.9. The molecule has 11 heteroatoms. The lowest BCUT2D eigenvalue weighted by Gasteiger charge is -2.48. The fraction of sp³-hybridized carbons (Fsp3) is 0.560. The van der Waals surface area contributed by atoms with Gasteiger partial charge >= 0.3 is 0 Å². The summed E-state index contributed by atoms with van der Waals surface area (Å²) in [7, 11) is 3.58. The van der Waals surface area contributed by atoms with Gasteiger partial charge in [0.2, 0.25) is 5.91 Å². The fourth-order valence-electron chi connectivity index (χ4n) is 5.89. The van der Waals surface area contributed by atoms with Crippen LogP contribution in [-0.4, -0.2) is 65.1 Å². The molecule has 2 fully saturated rings. The summed E-state index contributed by atoms with van der Waals surface area (Å²) in [6, 6.07) is 1.74. The van der Waals surface area contributed by atoms with Crippen molar-refractivity contribution in [2.45, 2.75) is 51.4 Å². The second-order valence-corrected chi connectivity index (χ2v) is 10.4. The molecule has 3 aliphatic rings. The van der Waals surface area contributed by atoms with Crippen molar-refractivity contribution in [1.82, 2.24) is 5.48 Å². The lowest BCUT2D eigenvalue weighted by molar-refractivity contribution is -0.175. The van der Waals surface area contributed by atoms with Crippen LogP contribution in [0.1, 0.15) is 48.2 Å². The Hall–Kier alpha value is -3.15. The number of Topliss-reactive ketones (excluding diaryl/α,β-unsaturated/α-hetero) is 4. The number of phenols is 1. The fourth-order valence-corrected chi connectivity index (χ4v) is 5.89. The molecule has 0 spiro atoms. The van der Waals surface area contributed by atoms with Gasteiger partial charge in [0.25, 0.3) is 0 Å². The van der Waals surface area contributed by atoms with Gasteiger partial charge in [-0.3, -0.25) is 28.8 Å². The number of carbonyl (C=O) groups excluding carboxylic acids is 5. The van der Waals surface area contributed by atoms with Crippen LogP contribution in [0.2, 0.25) is 0 Å². The molecule has 1 aromatic rings. The summed E-state index contributed by atoms with van der Waals surface area (Å²) in [4.78, 5) is 71.8. The lowest BCUT2D eigenvalue weighted by Crippen LogP contribution is -2.68. The number of nitrogens with two attached hydrogens (primary N) is 1. The number of primary amides is 1. The monoisotopic (exact) mass is 501 g/mol. The first-order chi connectivity index (χ1) is 16.8. The number of hydrogen-bond donors (Lipinski definition) is 4. The molecule has 2 unspecified atom stereocenters. The van der Waals surface area contributed by atoms with Crippen molar-refractivity contribution < 1.29 is 39.0 Å². The van der Waals surface area contributed by atoms with Crippen molar-refractivity contribution in [1.29, 1.82) is 0 Å². The van der Waals surface area contributed by atoms with Crippen LogP contribution in [0.15, 0.2) is 6.07 Å². The number of nitrogens with zero attached hydrogens (tertiary/aromatic N) is 1. The Morgan fingerprint density at radius 2 is 1.89 bits per heavy atom. The zero-order valence-corrected chi connectivity index (χ0v) is 20.7. The van der Waals surface area contributed by atoms with E-state index in [1.54, 1.807) is 25.1 Å². The molecule has 36 heavy (non-hydrogen) atoms. The standard InChI is InChI=1S/C25H31N3O8/c1-10(2)36-27-9-12-7-15(28(3)4)14-6-11-5-13-8-16(29)19(24(26)34)23(33)25(13,35)22(32)17(11)21(31)18(14)20(12)30/h7,10-11,13,17,19,27,30,35H,5-6,8-9H2,1-4H3,(H2,26,34)/t11-,13+,17?,19?,25+/m1/s1. The summed E-state index contributed by atoms with van der Waals surface area (Å²) in [5.41, 5.74) is 6.86. The van der Waals surface area contributed by atoms with E-state index >= 15 is 0 Å². The first-order valence-electron chi connectivity index (χ1n) is 11.9. The van der Waals surface area contributed by atoms with E-state index < -0.39 is 58.3 Å². The number of amides is 1. The van der Waals surface area contributed by atoms with E-state index in [1.807, 2.05) is 13.8 Å². The molecule has 5 N–H and O–H groups in total. The smallest absolute Gasteiger partial charge is 0.235 e. The number of hydroxylamine groups is 1. The second-order valence-electron chi connectivity index (χ2n) is 10.4. The maximum Gasteiger partial charge on any atom is 0.235 e. The molecule has 194 valence electrons. The van der Waals surface area contributed by atoms with Crippen molar-refractivity contribution in [3.05, 3.63) is 22.8 Å². The topological polar surface area (TPSA) is 176 Å². The maximum absolute atomic E-state index is 13.8. The summed E-state index contributed by atoms with van der Waals surface area (Å²) >= 11 is 0. The zero-order valence-electron chi connectivity index (χ0n) is 20.7. The quantitative estimate of drug-likeness (QED) is 0.302. The predicted octanol–water partition coefficient (Wildman–Crippen LogP) is -0.177. The number of aliphatic hydroxyl groups is 1. The SMILES string of the molecule is CC(C)ONCc1cc(N(C)C)c2c(c1O)C(=O)C1C(=O)[C@]3(O)C(=O)C(C(N)=O)C(=O)C[C@@H]3C[C@@H]1C2. The molecule has 0 aliphatic heterocycles. The van der Waals surface area contributed by atoms with Gasteiger partial charge in [-0.25, -0.2) is 0 Å². The van der Waals surface area contributed by atoms with Gasteiger partial charge < -0.3 is 20.8 Å². The van der Waals surface area contributed by atoms with E-state index in [1.165, 1.54) is 0 Å². The zero-order chi connectivity index (χ0) is 26.7. The molecular formula is C25H31N3O8. The second kappa shape index (κ2) is 9.06. The molecule has 11 nitrogen and oxygen atoms in total. The normalized spacial score (nSPS) is 29.6. The number of rotatable bonds is 6. The number of benzene rings is 1. The van der Waals surface area contributed by atoms with Crippen LogP contribution in [-0.2, 0) is 37.0 Å². The number of aromatic hydroxyl groups is 1. The predicted molar refractivity (Wildman–Crippen MR) is 126 cm³/mol. The van der Waals surface area contributed by atoms with Crippen LogP contribution >= 0.6 is 0 Å². The van der Waals surface area contributed by atoms with Gasteiger partial charge in [0.1, 0.15) is 5.75 Å². The van der Waals surface area contributed by atoms with Crippen LogP contribution in [0.4, 0.5) is 5.69 Å². The van der Waals surface area contributed by atoms with E-state index in [2.05, 4.69) is 5.48 Å². The van der Waals surface area contributed by atoms with Crippen LogP contribution < -0.4 is 16.1 Å². The Kier molecular flexibility index (Phi) is 6.52. The average molecular weight is 502 g/mol. The minimum Gasteiger partial charge on any atom is -0.507 e. The number of carbonyl (C=O) groups is 5. The number of nitrogens with one attached hydrogen (secondary N) is 1. The molecular weight excluding hydrogens is 470 g/mol. The van der Waals surface area contributed by atoms with Crippen LogP contribution in [0.25, 0.3) is 0 Å². The Bertz CT molecular complexity index is 1180. The molecule has 4 rings (SSSR count). The third kappa shape index (κ3) is 3.82. The van der Waals surface area contributed by atoms with Gasteiger partial charge in [-0.2, -0.15) is 5.48 Å². The highest BCUT2D eigenvalue weighted by Crippen LogP contribution is 2.51. The molecule has 0 aromatic heterocycles. The number of hydrogen-bond acceptors (Lipinski definition) is 10. The third-order valence-electron chi connectivity index (χ3n) is 7.52. The maximum atomic E-state index is 13.8. The molecule has 5 atom stereocenters. The van der Waals surface area contributed by atoms with Gasteiger partial charge in [0, 0.05) is 44.2 Å². The Labute approximate surface area is 207 Å². The van der Waals surface area contributed by atoms with Gasteiger partial charge in [0.15, 0.2) is 34.7 Å². The Morgan fingerprint density at radius 3 is 2.47 bits per heavy atom. The summed E-state index contributed by atoms with van der Waals surface area (Å²) < 4.78 is 0. The van der Waals surface area contributed by atoms with Crippen molar-refractivity contribution in [3.8, 4) is 5.75 Å². The average Bonchev–Trinajstić information content (AvgIpc) is 2.77. The molecule has 2 saturated carbocycles. The summed E-state index contributed by atoms with van der Waals surface area (Å²) in [5, 5.41) is 22.4. The number of ketones is 4. The molecule has 0 radical (unpaired) electrons. The minimum absolute atomic E-state index is 0.0371. The van der Waals surface area contributed by atoms with Crippen LogP contribution in [0.3, 0.4) is 0 Å².